The van der Waals surface area contributed by atoms with Crippen LogP contribution in [-0.2, 0) is 4.74 Å². The molecule has 27 heavy (non-hydrogen) atoms. The predicted octanol–water partition coefficient (Wildman–Crippen LogP) is 1.12. The van der Waals surface area contributed by atoms with Crippen LogP contribution in [0, 0.1) is 0 Å². The average molecular weight is 497 g/mol. The SMILES string of the molecule is CCNC(=NCC(C)(O)CN1CCOCC1)NCCN1CCCCCC1.I. The van der Waals surface area contributed by atoms with Gasteiger partial charge in [-0.1, -0.05) is 12.8 Å². The van der Waals surface area contributed by atoms with Gasteiger partial charge in [-0.15, -0.1) is 24.0 Å². The van der Waals surface area contributed by atoms with E-state index in [1.165, 1.54) is 38.8 Å². The highest BCUT2D eigenvalue weighted by Gasteiger charge is 2.25. The highest BCUT2D eigenvalue weighted by Crippen LogP contribution is 2.10. The van der Waals surface area contributed by atoms with Crippen molar-refractivity contribution in [2.75, 3.05) is 72.1 Å². The van der Waals surface area contributed by atoms with Gasteiger partial charge < -0.3 is 25.4 Å². The Bertz CT molecular complexity index is 409. The fourth-order valence-corrected chi connectivity index (χ4v) is 3.57. The molecule has 0 aromatic heterocycles. The summed E-state index contributed by atoms with van der Waals surface area (Å²) in [6, 6.07) is 0. The van der Waals surface area contributed by atoms with E-state index in [0.29, 0.717) is 13.1 Å². The minimum atomic E-state index is -0.829. The molecule has 2 aliphatic heterocycles. The predicted molar refractivity (Wildman–Crippen MR) is 122 cm³/mol. The van der Waals surface area contributed by atoms with Gasteiger partial charge in [0.2, 0.25) is 0 Å². The molecule has 0 saturated carbocycles. The third-order valence-corrected chi connectivity index (χ3v) is 5.01. The molecule has 3 N–H and O–H groups in total. The van der Waals surface area contributed by atoms with Crippen molar-refractivity contribution in [3.8, 4) is 0 Å². The van der Waals surface area contributed by atoms with E-state index >= 15 is 0 Å². The molecule has 0 radical (unpaired) electrons. The first-order valence-corrected chi connectivity index (χ1v) is 10.4. The van der Waals surface area contributed by atoms with Crippen LogP contribution in [0.5, 0.6) is 0 Å². The summed E-state index contributed by atoms with van der Waals surface area (Å²) in [7, 11) is 0. The molecule has 2 saturated heterocycles. The van der Waals surface area contributed by atoms with Gasteiger partial charge in [0.1, 0.15) is 0 Å². The second-order valence-electron chi connectivity index (χ2n) is 7.76. The number of halogens is 1. The molecule has 1 unspecified atom stereocenters. The summed E-state index contributed by atoms with van der Waals surface area (Å²) in [5.74, 6) is 0.796. The molecule has 0 aromatic carbocycles. The second kappa shape index (κ2) is 13.9. The Labute approximate surface area is 182 Å². The molecule has 0 bridgehead atoms. The Balaban J connectivity index is 0.00000364. The lowest BCUT2D eigenvalue weighted by molar-refractivity contribution is -0.0179. The first-order valence-electron chi connectivity index (χ1n) is 10.4. The van der Waals surface area contributed by atoms with E-state index in [1.54, 1.807) is 0 Å². The summed E-state index contributed by atoms with van der Waals surface area (Å²) in [4.78, 5) is 9.41. The lowest BCUT2D eigenvalue weighted by Gasteiger charge is -2.33. The summed E-state index contributed by atoms with van der Waals surface area (Å²) in [5, 5.41) is 17.4. The molecule has 0 aliphatic carbocycles. The van der Waals surface area contributed by atoms with Gasteiger partial charge in [-0.05, 0) is 39.8 Å². The number of ether oxygens (including phenoxy) is 1. The zero-order valence-electron chi connectivity index (χ0n) is 17.2. The minimum absolute atomic E-state index is 0. The maximum atomic E-state index is 10.7. The molecule has 7 nitrogen and oxygen atoms in total. The number of nitrogens with zero attached hydrogens (tertiary/aromatic N) is 3. The van der Waals surface area contributed by atoms with E-state index in [9.17, 15) is 5.11 Å². The fourth-order valence-electron chi connectivity index (χ4n) is 3.57. The van der Waals surface area contributed by atoms with E-state index < -0.39 is 5.60 Å². The van der Waals surface area contributed by atoms with Crippen molar-refractivity contribution in [2.24, 2.45) is 4.99 Å². The van der Waals surface area contributed by atoms with Crippen molar-refractivity contribution in [3.05, 3.63) is 0 Å². The first kappa shape index (κ1) is 24.9. The van der Waals surface area contributed by atoms with Crippen LogP contribution in [0.2, 0.25) is 0 Å². The molecule has 2 heterocycles. The molecule has 8 heteroatoms. The second-order valence-corrected chi connectivity index (χ2v) is 7.76. The molecule has 2 rings (SSSR count). The lowest BCUT2D eigenvalue weighted by atomic mass is 10.1. The van der Waals surface area contributed by atoms with Crippen LogP contribution in [0.4, 0.5) is 0 Å². The summed E-state index contributed by atoms with van der Waals surface area (Å²) in [5.41, 5.74) is -0.829. The maximum absolute atomic E-state index is 10.7. The number of β-amino-alcohol motifs (C(OH)–C–C–N with tert-alkyl or cyclic N) is 1. The number of rotatable bonds is 8. The first-order chi connectivity index (χ1) is 12.6. The smallest absolute Gasteiger partial charge is 0.191 e. The van der Waals surface area contributed by atoms with Gasteiger partial charge in [0.25, 0.3) is 0 Å². The normalized spacial score (nSPS) is 22.4. The van der Waals surface area contributed by atoms with Crippen molar-refractivity contribution in [1.29, 1.82) is 0 Å². The van der Waals surface area contributed by atoms with Gasteiger partial charge in [-0.25, -0.2) is 0 Å². The van der Waals surface area contributed by atoms with Gasteiger partial charge in [-0.3, -0.25) is 9.89 Å². The van der Waals surface area contributed by atoms with Crippen molar-refractivity contribution in [1.82, 2.24) is 20.4 Å². The molecule has 0 amide bonds. The maximum Gasteiger partial charge on any atom is 0.191 e. The van der Waals surface area contributed by atoms with Gasteiger partial charge in [-0.2, -0.15) is 0 Å². The standard InChI is InChI=1S/C19H39N5O2.HI/c1-3-20-18(21-8-11-23-9-6-4-5-7-10-23)22-16-19(2,25)17-24-12-14-26-15-13-24;/h25H,3-17H2,1-2H3,(H2,20,21,22);1H. The molecule has 0 aromatic rings. The average Bonchev–Trinajstić information content (AvgIpc) is 2.89. The zero-order chi connectivity index (χ0) is 18.7. The van der Waals surface area contributed by atoms with E-state index in [2.05, 4.69) is 32.3 Å². The third-order valence-electron chi connectivity index (χ3n) is 5.01. The van der Waals surface area contributed by atoms with Crippen molar-refractivity contribution < 1.29 is 9.84 Å². The monoisotopic (exact) mass is 497 g/mol. The lowest BCUT2D eigenvalue weighted by Crippen LogP contribution is -2.48. The number of aliphatic hydroxyl groups is 1. The molecular formula is C19H40IN5O2. The van der Waals surface area contributed by atoms with Crippen LogP contribution in [-0.4, -0.2) is 98.6 Å². The summed E-state index contributed by atoms with van der Waals surface area (Å²) < 4.78 is 5.37. The Morgan fingerprint density at radius 3 is 2.33 bits per heavy atom. The van der Waals surface area contributed by atoms with Crippen LogP contribution >= 0.6 is 24.0 Å². The largest absolute Gasteiger partial charge is 0.387 e. The number of aliphatic imine (C=N–C) groups is 1. The van der Waals surface area contributed by atoms with E-state index in [0.717, 1.165) is 51.9 Å². The minimum Gasteiger partial charge on any atom is -0.387 e. The fraction of sp³-hybridized carbons (Fsp3) is 0.947. The van der Waals surface area contributed by atoms with Crippen molar-refractivity contribution in [2.45, 2.75) is 45.1 Å². The number of likely N-dealkylation sites (tertiary alicyclic amines) is 1. The van der Waals surface area contributed by atoms with Crippen LogP contribution in [0.1, 0.15) is 39.5 Å². The van der Waals surface area contributed by atoms with Crippen molar-refractivity contribution in [3.63, 3.8) is 0 Å². The van der Waals surface area contributed by atoms with Crippen LogP contribution in [0.3, 0.4) is 0 Å². The van der Waals surface area contributed by atoms with Crippen molar-refractivity contribution >= 4 is 29.9 Å². The van der Waals surface area contributed by atoms with Crippen LogP contribution in [0.25, 0.3) is 0 Å². The summed E-state index contributed by atoms with van der Waals surface area (Å²) in [6.45, 7) is 13.4. The molecule has 2 fully saturated rings. The van der Waals surface area contributed by atoms with Gasteiger partial charge in [0.05, 0.1) is 25.4 Å². The quantitative estimate of drug-likeness (QED) is 0.265. The zero-order valence-corrected chi connectivity index (χ0v) is 19.5. The summed E-state index contributed by atoms with van der Waals surface area (Å²) in [6.07, 6.45) is 5.37. The van der Waals surface area contributed by atoms with E-state index in [4.69, 9.17) is 4.74 Å². The van der Waals surface area contributed by atoms with Gasteiger partial charge >= 0.3 is 0 Å². The Morgan fingerprint density at radius 2 is 1.70 bits per heavy atom. The number of morpholine rings is 1. The molecule has 160 valence electrons. The summed E-state index contributed by atoms with van der Waals surface area (Å²) >= 11 is 0. The van der Waals surface area contributed by atoms with E-state index in [-0.39, 0.29) is 24.0 Å². The number of nitrogens with one attached hydrogen (secondary N) is 2. The third kappa shape index (κ3) is 10.8. The highest BCUT2D eigenvalue weighted by molar-refractivity contribution is 14.0. The highest BCUT2D eigenvalue weighted by atomic mass is 127. The molecule has 1 atom stereocenters. The van der Waals surface area contributed by atoms with Crippen LogP contribution in [0.15, 0.2) is 4.99 Å². The molecular weight excluding hydrogens is 457 g/mol. The van der Waals surface area contributed by atoms with E-state index in [1.807, 2.05) is 6.92 Å². The molecule has 0 spiro atoms. The number of hydrogen-bond acceptors (Lipinski definition) is 5. The Morgan fingerprint density at radius 1 is 1.04 bits per heavy atom. The van der Waals surface area contributed by atoms with Crippen LogP contribution < -0.4 is 10.6 Å². The molecule has 2 aliphatic rings. The Hall–Kier alpha value is -0.160. The Kier molecular flexibility index (Phi) is 12.8. The topological polar surface area (TPSA) is 72.4 Å². The van der Waals surface area contributed by atoms with Gasteiger partial charge in [0, 0.05) is 39.3 Å². The number of guanidine groups is 1. The van der Waals surface area contributed by atoms with Gasteiger partial charge in [0.15, 0.2) is 5.96 Å². The number of hydrogen-bond donors (Lipinski definition) is 3.